The van der Waals surface area contributed by atoms with Crippen molar-refractivity contribution >= 4 is 33.5 Å². The molecule has 1 heterocycles. The summed E-state index contributed by atoms with van der Waals surface area (Å²) in [6.07, 6.45) is 0.387. The van der Waals surface area contributed by atoms with Crippen LogP contribution in [0.25, 0.3) is 11.3 Å². The van der Waals surface area contributed by atoms with Gasteiger partial charge in [-0.05, 0) is 19.1 Å². The molecule has 100 valence electrons. The minimum absolute atomic E-state index is 0.258. The first-order valence-corrected chi connectivity index (χ1v) is 6.45. The van der Waals surface area contributed by atoms with Crippen LogP contribution in [-0.4, -0.2) is 22.3 Å². The van der Waals surface area contributed by atoms with Gasteiger partial charge in [0.25, 0.3) is 0 Å². The van der Waals surface area contributed by atoms with Gasteiger partial charge in [-0.2, -0.15) is 0 Å². The number of rotatable bonds is 4. The van der Waals surface area contributed by atoms with E-state index in [9.17, 15) is 4.79 Å². The van der Waals surface area contributed by atoms with Gasteiger partial charge in [0.05, 0.1) is 5.02 Å². The Balaban J connectivity index is 2.49. The topological polar surface area (TPSA) is 72.6 Å². The van der Waals surface area contributed by atoms with Crippen LogP contribution in [0, 0.1) is 0 Å². The molecule has 0 fully saturated rings. The number of carboxylic acids is 1. The minimum atomic E-state index is -1.08. The van der Waals surface area contributed by atoms with E-state index < -0.39 is 12.1 Å². The molecule has 1 aromatic heterocycles. The fourth-order valence-electron chi connectivity index (χ4n) is 1.45. The molecule has 1 N–H and O–H groups in total. The highest BCUT2D eigenvalue weighted by Crippen LogP contribution is 2.39. The number of halogens is 2. The quantitative estimate of drug-likeness (QED) is 0.915. The number of aromatic nitrogens is 1. The van der Waals surface area contributed by atoms with Crippen molar-refractivity contribution in [2.45, 2.75) is 13.0 Å². The fraction of sp³-hybridized carbons (Fsp3) is 0.167. The Hall–Kier alpha value is -1.53. The molecular formula is C12H9BrClNO4. The largest absolute Gasteiger partial charge is 0.479 e. The second kappa shape index (κ2) is 5.63. The lowest BCUT2D eigenvalue weighted by Crippen LogP contribution is -2.23. The molecule has 0 aliphatic rings. The van der Waals surface area contributed by atoms with Gasteiger partial charge in [-0.15, -0.1) is 0 Å². The van der Waals surface area contributed by atoms with Crippen LogP contribution < -0.4 is 4.74 Å². The molecule has 19 heavy (non-hydrogen) atoms. The molecule has 0 radical (unpaired) electrons. The predicted octanol–water partition coefficient (Wildman–Crippen LogP) is 3.61. The van der Waals surface area contributed by atoms with E-state index in [4.69, 9.17) is 26.0 Å². The molecule has 7 heteroatoms. The first kappa shape index (κ1) is 13.9. The highest BCUT2D eigenvalue weighted by molar-refractivity contribution is 9.10. The van der Waals surface area contributed by atoms with E-state index in [0.717, 1.165) is 4.47 Å². The van der Waals surface area contributed by atoms with E-state index in [2.05, 4.69) is 21.1 Å². The Morgan fingerprint density at radius 1 is 1.58 bits per heavy atom. The second-order valence-corrected chi connectivity index (χ2v) is 5.07. The lowest BCUT2D eigenvalue weighted by Gasteiger charge is -2.15. The summed E-state index contributed by atoms with van der Waals surface area (Å²) in [5.41, 5.74) is 1.07. The fourth-order valence-corrected chi connectivity index (χ4v) is 2.30. The van der Waals surface area contributed by atoms with Crippen LogP contribution in [0.3, 0.4) is 0 Å². The lowest BCUT2D eigenvalue weighted by molar-refractivity contribution is -0.144. The summed E-state index contributed by atoms with van der Waals surface area (Å²) in [6.45, 7) is 1.42. The van der Waals surface area contributed by atoms with Crippen molar-refractivity contribution in [2.24, 2.45) is 0 Å². The molecule has 1 unspecified atom stereocenters. The minimum Gasteiger partial charge on any atom is -0.479 e. The number of carbonyl (C=O) groups is 1. The molecule has 1 atom stereocenters. The summed E-state index contributed by atoms with van der Waals surface area (Å²) < 4.78 is 10.9. The van der Waals surface area contributed by atoms with Crippen LogP contribution in [0.1, 0.15) is 6.92 Å². The molecule has 0 spiro atoms. The van der Waals surface area contributed by atoms with E-state index in [0.29, 0.717) is 16.3 Å². The van der Waals surface area contributed by atoms with Crippen LogP contribution in [0.2, 0.25) is 5.02 Å². The molecule has 0 aliphatic carbocycles. The third-order valence-electron chi connectivity index (χ3n) is 2.36. The normalized spacial score (nSPS) is 12.2. The van der Waals surface area contributed by atoms with Crippen molar-refractivity contribution in [1.29, 1.82) is 0 Å². The molecule has 0 saturated carbocycles. The Bertz CT molecular complexity index is 600. The van der Waals surface area contributed by atoms with Crippen LogP contribution in [0.5, 0.6) is 5.75 Å². The van der Waals surface area contributed by atoms with Gasteiger partial charge >= 0.3 is 5.97 Å². The smallest absolute Gasteiger partial charge is 0.344 e. The van der Waals surface area contributed by atoms with E-state index in [1.807, 2.05) is 0 Å². The molecule has 0 bridgehead atoms. The number of ether oxygens (including phenoxy) is 1. The molecule has 2 aromatic rings. The Labute approximate surface area is 122 Å². The van der Waals surface area contributed by atoms with Crippen molar-refractivity contribution in [3.8, 4) is 17.0 Å². The van der Waals surface area contributed by atoms with Crippen LogP contribution >= 0.6 is 27.5 Å². The molecule has 5 nitrogen and oxygen atoms in total. The number of hydrogen-bond donors (Lipinski definition) is 1. The number of nitrogens with zero attached hydrogens (tertiary/aromatic N) is 1. The average Bonchev–Trinajstić information content (AvgIpc) is 2.85. The number of aliphatic carboxylic acids is 1. The van der Waals surface area contributed by atoms with E-state index >= 15 is 0 Å². The van der Waals surface area contributed by atoms with Gasteiger partial charge in [-0.3, -0.25) is 0 Å². The summed E-state index contributed by atoms with van der Waals surface area (Å²) in [7, 11) is 0. The Morgan fingerprint density at radius 2 is 2.32 bits per heavy atom. The number of carboxylic acid groups (broad SMARTS) is 1. The van der Waals surface area contributed by atoms with E-state index in [1.54, 1.807) is 18.2 Å². The van der Waals surface area contributed by atoms with Crippen LogP contribution in [0.4, 0.5) is 0 Å². The molecule has 2 rings (SSSR count). The van der Waals surface area contributed by atoms with E-state index in [1.165, 1.54) is 13.2 Å². The molecular weight excluding hydrogens is 337 g/mol. The maximum Gasteiger partial charge on any atom is 0.344 e. The maximum absolute atomic E-state index is 10.9. The Morgan fingerprint density at radius 3 is 2.89 bits per heavy atom. The Kier molecular flexibility index (Phi) is 4.11. The zero-order chi connectivity index (χ0) is 14.0. The summed E-state index contributed by atoms with van der Waals surface area (Å²) in [6, 6.07) is 4.99. The first-order chi connectivity index (χ1) is 8.99. The SMILES string of the molecule is CC(Oc1c(Cl)cc(Br)cc1-c1ccon1)C(=O)O. The molecule has 0 saturated heterocycles. The summed E-state index contributed by atoms with van der Waals surface area (Å²) >= 11 is 9.41. The van der Waals surface area contributed by atoms with Crippen molar-refractivity contribution in [3.05, 3.63) is 34.0 Å². The van der Waals surface area contributed by atoms with Gasteiger partial charge in [0.2, 0.25) is 0 Å². The van der Waals surface area contributed by atoms with Gasteiger partial charge < -0.3 is 14.4 Å². The van der Waals surface area contributed by atoms with Gasteiger partial charge in [0.15, 0.2) is 6.10 Å². The van der Waals surface area contributed by atoms with Crippen molar-refractivity contribution in [3.63, 3.8) is 0 Å². The molecule has 0 aliphatic heterocycles. The van der Waals surface area contributed by atoms with Crippen molar-refractivity contribution in [2.75, 3.05) is 0 Å². The zero-order valence-electron chi connectivity index (χ0n) is 9.76. The van der Waals surface area contributed by atoms with Crippen LogP contribution in [-0.2, 0) is 4.79 Å². The summed E-state index contributed by atoms with van der Waals surface area (Å²) in [4.78, 5) is 10.9. The number of hydrogen-bond acceptors (Lipinski definition) is 4. The van der Waals surface area contributed by atoms with Gasteiger partial charge in [0.1, 0.15) is 17.7 Å². The monoisotopic (exact) mass is 345 g/mol. The average molecular weight is 347 g/mol. The van der Waals surface area contributed by atoms with Gasteiger partial charge in [0, 0.05) is 16.1 Å². The number of benzene rings is 1. The predicted molar refractivity (Wildman–Crippen MR) is 72.4 cm³/mol. The second-order valence-electron chi connectivity index (χ2n) is 3.75. The molecule has 0 amide bonds. The summed E-state index contributed by atoms with van der Waals surface area (Å²) in [5, 5.41) is 13.0. The highest BCUT2D eigenvalue weighted by Gasteiger charge is 2.20. The summed E-state index contributed by atoms with van der Waals surface area (Å²) in [5.74, 6) is -0.821. The van der Waals surface area contributed by atoms with Crippen molar-refractivity contribution in [1.82, 2.24) is 5.16 Å². The van der Waals surface area contributed by atoms with Gasteiger partial charge in [-0.25, -0.2) is 4.79 Å². The maximum atomic E-state index is 10.9. The highest BCUT2D eigenvalue weighted by atomic mass is 79.9. The first-order valence-electron chi connectivity index (χ1n) is 5.28. The standard InChI is InChI=1S/C12H9BrClNO4/c1-6(12(16)17)19-11-8(10-2-3-18-15-10)4-7(13)5-9(11)14/h2-6H,1H3,(H,16,17). The van der Waals surface area contributed by atoms with E-state index in [-0.39, 0.29) is 5.75 Å². The molecule has 1 aromatic carbocycles. The van der Waals surface area contributed by atoms with Crippen molar-refractivity contribution < 1.29 is 19.2 Å². The third-order valence-corrected chi connectivity index (χ3v) is 3.10. The van der Waals surface area contributed by atoms with Crippen LogP contribution in [0.15, 0.2) is 33.5 Å². The lowest BCUT2D eigenvalue weighted by atomic mass is 10.1. The zero-order valence-corrected chi connectivity index (χ0v) is 12.1. The third kappa shape index (κ3) is 3.08. The van der Waals surface area contributed by atoms with Gasteiger partial charge in [-0.1, -0.05) is 32.7 Å².